The fourth-order valence-corrected chi connectivity index (χ4v) is 4.72. The third-order valence-electron chi connectivity index (χ3n) is 6.49. The zero-order valence-corrected chi connectivity index (χ0v) is 21.7. The number of carbonyl (C=O) groups excluding carboxylic acids is 1. The Morgan fingerprint density at radius 3 is 2.38 bits per heavy atom. The van der Waals surface area contributed by atoms with Crippen molar-refractivity contribution in [3.05, 3.63) is 46.5 Å². The summed E-state index contributed by atoms with van der Waals surface area (Å²) in [6, 6.07) is 8.04. The van der Waals surface area contributed by atoms with Crippen molar-refractivity contribution in [2.75, 3.05) is 32.8 Å². The smallest absolute Gasteiger partial charge is 0.361 e. The van der Waals surface area contributed by atoms with Crippen molar-refractivity contribution in [3.8, 4) is 0 Å². The predicted octanol–water partition coefficient (Wildman–Crippen LogP) is 4.13. The lowest BCUT2D eigenvalue weighted by Crippen LogP contribution is -3.00. The van der Waals surface area contributed by atoms with E-state index in [1.165, 1.54) is 63.4 Å². The molecule has 1 heterocycles. The molecular formula is C27H43Cl2NO2. The number of rotatable bonds is 14. The number of allylic oxidation sites excluding steroid dienone is 1. The largest absolute Gasteiger partial charge is 1.00 e. The molecule has 1 aliphatic heterocycles. The van der Waals surface area contributed by atoms with Crippen LogP contribution in [0.5, 0.6) is 0 Å². The van der Waals surface area contributed by atoms with E-state index < -0.39 is 0 Å². The fourth-order valence-electron chi connectivity index (χ4n) is 4.52. The van der Waals surface area contributed by atoms with Crippen molar-refractivity contribution in [2.24, 2.45) is 0 Å². The number of esters is 1. The van der Waals surface area contributed by atoms with Crippen LogP contribution in [0.15, 0.2) is 35.9 Å². The molecule has 32 heavy (non-hydrogen) atoms. The first-order valence-electron chi connectivity index (χ1n) is 12.4. The number of ether oxygens (including phenoxy) is 1. The third-order valence-corrected chi connectivity index (χ3v) is 6.86. The van der Waals surface area contributed by atoms with Gasteiger partial charge in [0.05, 0.1) is 26.2 Å². The number of nitrogens with zero attached hydrogens (tertiary/aromatic N) is 1. The van der Waals surface area contributed by atoms with Crippen molar-refractivity contribution in [1.82, 2.24) is 0 Å². The first-order chi connectivity index (χ1) is 15.0. The summed E-state index contributed by atoms with van der Waals surface area (Å²) in [7, 11) is 0. The van der Waals surface area contributed by atoms with Crippen LogP contribution in [0.3, 0.4) is 0 Å². The molecule has 0 aliphatic carbocycles. The Morgan fingerprint density at radius 1 is 1.03 bits per heavy atom. The average molecular weight is 485 g/mol. The number of carbonyl (C=O) groups is 1. The second-order valence-corrected chi connectivity index (χ2v) is 9.76. The molecule has 3 nitrogen and oxygen atoms in total. The van der Waals surface area contributed by atoms with Gasteiger partial charge in [0.25, 0.3) is 0 Å². The Bertz CT molecular complexity index is 684. The Labute approximate surface area is 207 Å². The molecule has 0 aromatic heterocycles. The maximum atomic E-state index is 12.6. The quantitative estimate of drug-likeness (QED) is 0.172. The summed E-state index contributed by atoms with van der Waals surface area (Å²) in [5.41, 5.74) is 2.48. The van der Waals surface area contributed by atoms with Gasteiger partial charge in [-0.2, -0.15) is 0 Å². The van der Waals surface area contributed by atoms with E-state index in [0.717, 1.165) is 47.5 Å². The van der Waals surface area contributed by atoms with E-state index in [2.05, 4.69) is 26.0 Å². The summed E-state index contributed by atoms with van der Waals surface area (Å²) in [4.78, 5) is 12.6. The average Bonchev–Trinajstić information content (AvgIpc) is 2.76. The van der Waals surface area contributed by atoms with Crippen LogP contribution >= 0.6 is 11.6 Å². The third kappa shape index (κ3) is 11.2. The monoisotopic (exact) mass is 483 g/mol. The highest BCUT2D eigenvalue weighted by molar-refractivity contribution is 6.31. The molecule has 0 saturated carbocycles. The molecular weight excluding hydrogens is 441 g/mol. The van der Waals surface area contributed by atoms with Crippen LogP contribution in [0.25, 0.3) is 0 Å². The Balaban J connectivity index is 0.00000512. The van der Waals surface area contributed by atoms with Gasteiger partial charge in [-0.25, -0.2) is 4.79 Å². The maximum absolute atomic E-state index is 12.6. The van der Waals surface area contributed by atoms with E-state index >= 15 is 0 Å². The highest BCUT2D eigenvalue weighted by Crippen LogP contribution is 2.22. The van der Waals surface area contributed by atoms with Crippen LogP contribution in [0.2, 0.25) is 5.02 Å². The lowest BCUT2D eigenvalue weighted by molar-refractivity contribution is -0.920. The van der Waals surface area contributed by atoms with Gasteiger partial charge in [0, 0.05) is 5.02 Å². The van der Waals surface area contributed by atoms with Crippen molar-refractivity contribution in [2.45, 2.75) is 84.5 Å². The SMILES string of the molecule is CCCCCCCCCOC(=O)C[N+]1(C/C=C(\C)Cc2ccccc2Cl)CCCCC1.[Cl-]. The maximum Gasteiger partial charge on any atom is 0.361 e. The van der Waals surface area contributed by atoms with Gasteiger partial charge in [0.15, 0.2) is 6.54 Å². The number of hydrogen-bond donors (Lipinski definition) is 0. The van der Waals surface area contributed by atoms with Crippen molar-refractivity contribution >= 4 is 17.6 Å². The van der Waals surface area contributed by atoms with Crippen LogP contribution < -0.4 is 12.4 Å². The van der Waals surface area contributed by atoms with Gasteiger partial charge in [0.2, 0.25) is 0 Å². The summed E-state index contributed by atoms with van der Waals surface area (Å²) in [6.45, 7) is 8.55. The summed E-state index contributed by atoms with van der Waals surface area (Å²) in [6.07, 6.45) is 15.5. The van der Waals surface area contributed by atoms with E-state index in [1.54, 1.807) is 0 Å². The van der Waals surface area contributed by atoms with E-state index in [1.807, 2.05) is 18.2 Å². The van der Waals surface area contributed by atoms with Crippen LogP contribution in [-0.4, -0.2) is 43.2 Å². The topological polar surface area (TPSA) is 26.3 Å². The fraction of sp³-hybridized carbons (Fsp3) is 0.667. The molecule has 0 N–H and O–H groups in total. The molecule has 182 valence electrons. The van der Waals surface area contributed by atoms with Crippen LogP contribution in [0.1, 0.15) is 83.6 Å². The van der Waals surface area contributed by atoms with Gasteiger partial charge in [-0.3, -0.25) is 0 Å². The minimum atomic E-state index is -0.0231. The lowest BCUT2D eigenvalue weighted by Gasteiger charge is -2.40. The summed E-state index contributed by atoms with van der Waals surface area (Å²) in [5, 5.41) is 0.825. The number of hydrogen-bond acceptors (Lipinski definition) is 2. The van der Waals surface area contributed by atoms with Crippen molar-refractivity contribution in [1.29, 1.82) is 0 Å². The Hall–Kier alpha value is -1.03. The first kappa shape index (κ1) is 29.0. The lowest BCUT2D eigenvalue weighted by atomic mass is 10.0. The number of likely N-dealkylation sites (tertiary alicyclic amines) is 1. The highest BCUT2D eigenvalue weighted by Gasteiger charge is 2.32. The van der Waals surface area contributed by atoms with E-state index in [-0.39, 0.29) is 18.4 Å². The summed E-state index contributed by atoms with van der Waals surface area (Å²) < 4.78 is 6.47. The van der Waals surface area contributed by atoms with Gasteiger partial charge in [0.1, 0.15) is 0 Å². The minimum absolute atomic E-state index is 0. The normalized spacial score (nSPS) is 15.8. The van der Waals surface area contributed by atoms with Gasteiger partial charge in [-0.15, -0.1) is 0 Å². The molecule has 1 fully saturated rings. The molecule has 0 unspecified atom stereocenters. The molecule has 1 saturated heterocycles. The molecule has 1 aromatic rings. The van der Waals surface area contributed by atoms with Gasteiger partial charge in [-0.1, -0.05) is 80.8 Å². The highest BCUT2D eigenvalue weighted by atomic mass is 35.5. The zero-order chi connectivity index (χ0) is 22.4. The molecule has 1 aliphatic rings. The number of quaternary nitrogens is 1. The molecule has 0 amide bonds. The molecule has 1 aromatic carbocycles. The summed E-state index contributed by atoms with van der Waals surface area (Å²) >= 11 is 6.32. The predicted molar refractivity (Wildman–Crippen MR) is 131 cm³/mol. The Morgan fingerprint density at radius 2 is 1.69 bits per heavy atom. The molecule has 0 atom stereocenters. The summed E-state index contributed by atoms with van der Waals surface area (Å²) in [5.74, 6) is -0.0231. The first-order valence-corrected chi connectivity index (χ1v) is 12.8. The van der Waals surface area contributed by atoms with E-state index in [4.69, 9.17) is 16.3 Å². The van der Waals surface area contributed by atoms with Crippen LogP contribution in [0.4, 0.5) is 0 Å². The number of unbranched alkanes of at least 4 members (excludes halogenated alkanes) is 6. The van der Waals surface area contributed by atoms with E-state index in [9.17, 15) is 4.79 Å². The molecule has 0 spiro atoms. The van der Waals surface area contributed by atoms with Gasteiger partial charge in [-0.05, 0) is 56.7 Å². The van der Waals surface area contributed by atoms with E-state index in [0.29, 0.717) is 13.2 Å². The molecule has 2 rings (SSSR count). The van der Waals surface area contributed by atoms with Crippen molar-refractivity contribution in [3.63, 3.8) is 0 Å². The standard InChI is InChI=1S/C27H43ClNO2.ClH/c1-3-4-5-6-7-8-14-21-31-27(30)23-29(18-12-9-13-19-29)20-17-24(2)22-25-15-10-11-16-26(25)28;/h10-11,15-17H,3-9,12-14,18-23H2,1-2H3;1H/q+1;/p-1/b24-17+;. The molecule has 5 heteroatoms. The molecule has 0 bridgehead atoms. The van der Waals surface area contributed by atoms with Crippen molar-refractivity contribution < 1.29 is 26.4 Å². The molecule has 0 radical (unpaired) electrons. The number of halogens is 2. The number of benzene rings is 1. The zero-order valence-electron chi connectivity index (χ0n) is 20.2. The Kier molecular flexibility index (Phi) is 15.0. The van der Waals surface area contributed by atoms with Gasteiger partial charge < -0.3 is 21.6 Å². The second-order valence-electron chi connectivity index (χ2n) is 9.35. The second kappa shape index (κ2) is 16.6. The number of piperidine rings is 1. The minimum Gasteiger partial charge on any atom is -1.00 e. The van der Waals surface area contributed by atoms with Crippen LogP contribution in [0, 0.1) is 0 Å². The van der Waals surface area contributed by atoms with Crippen LogP contribution in [-0.2, 0) is 16.0 Å². The van der Waals surface area contributed by atoms with Gasteiger partial charge >= 0.3 is 5.97 Å².